The first kappa shape index (κ1) is 21.8. The third kappa shape index (κ3) is 4.74. The molecule has 32 heavy (non-hydrogen) atoms. The number of amides is 1. The first-order chi connectivity index (χ1) is 15.6. The van der Waals surface area contributed by atoms with Gasteiger partial charge in [0, 0.05) is 24.4 Å². The zero-order chi connectivity index (χ0) is 22.5. The van der Waals surface area contributed by atoms with E-state index in [1.807, 2.05) is 41.2 Å². The Hall–Kier alpha value is -3.43. The standard InChI is InChI=1S/C23H19N3O4S2/c1-31-14-13-25-19-12-11-16(26(28)29)15-21(19)32-23(25)24-22(27)18-9-5-6-10-20(18)30-17-7-3-2-4-8-17/h2-12,15H,13-14H2,1H3. The van der Waals surface area contributed by atoms with Crippen LogP contribution in [-0.2, 0) is 6.54 Å². The largest absolute Gasteiger partial charge is 0.457 e. The van der Waals surface area contributed by atoms with E-state index in [0.29, 0.717) is 33.1 Å². The van der Waals surface area contributed by atoms with Gasteiger partial charge in [0.2, 0.25) is 0 Å². The minimum Gasteiger partial charge on any atom is -0.457 e. The van der Waals surface area contributed by atoms with Crippen LogP contribution in [0.5, 0.6) is 11.5 Å². The summed E-state index contributed by atoms with van der Waals surface area (Å²) in [6, 6.07) is 20.9. The molecule has 0 spiro atoms. The summed E-state index contributed by atoms with van der Waals surface area (Å²) in [6.07, 6.45) is 2.00. The Labute approximate surface area is 192 Å². The van der Waals surface area contributed by atoms with Gasteiger partial charge >= 0.3 is 0 Å². The molecule has 4 aromatic rings. The quantitative estimate of drug-likeness (QED) is 0.265. The number of ether oxygens (including phenoxy) is 1. The van der Waals surface area contributed by atoms with Gasteiger partial charge in [-0.2, -0.15) is 16.8 Å². The number of non-ortho nitro benzene ring substituents is 1. The van der Waals surface area contributed by atoms with Crippen LogP contribution >= 0.6 is 23.1 Å². The topological polar surface area (TPSA) is 86.7 Å². The maximum atomic E-state index is 13.1. The van der Waals surface area contributed by atoms with E-state index in [1.165, 1.54) is 23.5 Å². The number of aryl methyl sites for hydroxylation is 1. The minimum absolute atomic E-state index is 0.00949. The van der Waals surface area contributed by atoms with Crippen molar-refractivity contribution in [3.8, 4) is 11.5 Å². The normalized spacial score (nSPS) is 11.6. The highest BCUT2D eigenvalue weighted by Gasteiger charge is 2.15. The molecule has 0 atom stereocenters. The Morgan fingerprint density at radius 1 is 1.12 bits per heavy atom. The summed E-state index contributed by atoms with van der Waals surface area (Å²) in [5.74, 6) is 1.42. The number of nitrogens with zero attached hydrogens (tertiary/aromatic N) is 3. The van der Waals surface area contributed by atoms with Crippen LogP contribution in [0.15, 0.2) is 77.8 Å². The second-order valence-electron chi connectivity index (χ2n) is 6.77. The summed E-state index contributed by atoms with van der Waals surface area (Å²) < 4.78 is 8.54. The van der Waals surface area contributed by atoms with Crippen molar-refractivity contribution in [1.82, 2.24) is 4.57 Å². The lowest BCUT2D eigenvalue weighted by Gasteiger charge is -2.08. The number of thioether (sulfide) groups is 1. The molecule has 0 unspecified atom stereocenters. The molecule has 0 bridgehead atoms. The third-order valence-electron chi connectivity index (χ3n) is 4.68. The van der Waals surface area contributed by atoms with Crippen molar-refractivity contribution in [1.29, 1.82) is 0 Å². The van der Waals surface area contributed by atoms with Gasteiger partial charge < -0.3 is 9.30 Å². The van der Waals surface area contributed by atoms with Crippen molar-refractivity contribution in [2.45, 2.75) is 6.54 Å². The molecule has 0 fully saturated rings. The number of nitro groups is 1. The fraction of sp³-hybridized carbons (Fsp3) is 0.130. The van der Waals surface area contributed by atoms with Crippen molar-refractivity contribution in [3.63, 3.8) is 0 Å². The van der Waals surface area contributed by atoms with Crippen LogP contribution < -0.4 is 9.54 Å². The number of thiazole rings is 1. The zero-order valence-electron chi connectivity index (χ0n) is 17.1. The van der Waals surface area contributed by atoms with E-state index >= 15 is 0 Å². The summed E-state index contributed by atoms with van der Waals surface area (Å²) >= 11 is 2.93. The summed E-state index contributed by atoms with van der Waals surface area (Å²) in [4.78, 5) is 28.8. The van der Waals surface area contributed by atoms with Gasteiger partial charge in [0.15, 0.2) is 4.80 Å². The molecule has 4 rings (SSSR count). The monoisotopic (exact) mass is 465 g/mol. The van der Waals surface area contributed by atoms with E-state index in [1.54, 1.807) is 42.1 Å². The number of nitro benzene ring substituents is 1. The predicted molar refractivity (Wildman–Crippen MR) is 128 cm³/mol. The maximum Gasteiger partial charge on any atom is 0.283 e. The van der Waals surface area contributed by atoms with Crippen LogP contribution in [0.3, 0.4) is 0 Å². The summed E-state index contributed by atoms with van der Waals surface area (Å²) in [5, 5.41) is 11.2. The molecular weight excluding hydrogens is 446 g/mol. The van der Waals surface area contributed by atoms with Crippen LogP contribution in [0.25, 0.3) is 10.2 Å². The molecular formula is C23H19N3O4S2. The van der Waals surface area contributed by atoms with Crippen LogP contribution in [0.2, 0.25) is 0 Å². The average molecular weight is 466 g/mol. The summed E-state index contributed by atoms with van der Waals surface area (Å²) in [5.41, 5.74) is 1.17. The lowest BCUT2D eigenvalue weighted by Crippen LogP contribution is -2.18. The van der Waals surface area contributed by atoms with Gasteiger partial charge in [-0.3, -0.25) is 14.9 Å². The van der Waals surface area contributed by atoms with Crippen molar-refractivity contribution >= 4 is 44.9 Å². The summed E-state index contributed by atoms with van der Waals surface area (Å²) in [7, 11) is 0. The number of carbonyl (C=O) groups is 1. The highest BCUT2D eigenvalue weighted by molar-refractivity contribution is 7.98. The molecule has 1 aromatic heterocycles. The predicted octanol–water partition coefficient (Wildman–Crippen LogP) is 5.51. The number of hydrogen-bond acceptors (Lipinski definition) is 6. The molecule has 1 amide bonds. The molecule has 0 aliphatic rings. The van der Waals surface area contributed by atoms with E-state index in [0.717, 1.165) is 11.3 Å². The molecule has 0 radical (unpaired) electrons. The van der Waals surface area contributed by atoms with Gasteiger partial charge in [-0.05, 0) is 36.6 Å². The highest BCUT2D eigenvalue weighted by Crippen LogP contribution is 2.26. The number of para-hydroxylation sites is 2. The van der Waals surface area contributed by atoms with Crippen LogP contribution in [-0.4, -0.2) is 27.4 Å². The number of benzene rings is 3. The second kappa shape index (κ2) is 9.80. The Kier molecular flexibility index (Phi) is 6.67. The maximum absolute atomic E-state index is 13.1. The Bertz CT molecular complexity index is 1350. The number of carbonyl (C=O) groups excluding carboxylic acids is 1. The average Bonchev–Trinajstić information content (AvgIpc) is 3.14. The third-order valence-corrected chi connectivity index (χ3v) is 6.31. The van der Waals surface area contributed by atoms with E-state index in [2.05, 4.69) is 4.99 Å². The fourth-order valence-corrected chi connectivity index (χ4v) is 4.61. The molecule has 0 aliphatic carbocycles. The van der Waals surface area contributed by atoms with Crippen LogP contribution in [0, 0.1) is 10.1 Å². The lowest BCUT2D eigenvalue weighted by molar-refractivity contribution is -0.384. The first-order valence-corrected chi connectivity index (χ1v) is 12.0. The lowest BCUT2D eigenvalue weighted by atomic mass is 10.2. The van der Waals surface area contributed by atoms with Crippen molar-refractivity contribution in [2.75, 3.05) is 12.0 Å². The SMILES string of the molecule is CSCCn1c(=NC(=O)c2ccccc2Oc2ccccc2)sc2cc([N+](=O)[O-])ccc21. The molecule has 1 heterocycles. The Balaban J connectivity index is 1.77. The zero-order valence-corrected chi connectivity index (χ0v) is 18.8. The van der Waals surface area contributed by atoms with Gasteiger partial charge in [0.05, 0.1) is 20.7 Å². The van der Waals surface area contributed by atoms with Gasteiger partial charge in [-0.25, -0.2) is 0 Å². The summed E-state index contributed by atoms with van der Waals surface area (Å²) in [6.45, 7) is 0.632. The first-order valence-electron chi connectivity index (χ1n) is 9.74. The van der Waals surface area contributed by atoms with E-state index in [9.17, 15) is 14.9 Å². The number of fused-ring (bicyclic) bond motifs is 1. The molecule has 162 valence electrons. The van der Waals surface area contributed by atoms with E-state index in [4.69, 9.17) is 4.74 Å². The molecule has 7 nitrogen and oxygen atoms in total. The van der Waals surface area contributed by atoms with Crippen LogP contribution in [0.1, 0.15) is 10.4 Å². The molecule has 3 aromatic carbocycles. The molecule has 0 saturated heterocycles. The molecule has 0 saturated carbocycles. The van der Waals surface area contributed by atoms with Crippen molar-refractivity contribution in [2.24, 2.45) is 4.99 Å². The smallest absolute Gasteiger partial charge is 0.283 e. The van der Waals surface area contributed by atoms with Gasteiger partial charge in [0.25, 0.3) is 11.6 Å². The second-order valence-corrected chi connectivity index (χ2v) is 8.76. The molecule has 9 heteroatoms. The Morgan fingerprint density at radius 3 is 2.62 bits per heavy atom. The molecule has 0 aliphatic heterocycles. The van der Waals surface area contributed by atoms with E-state index < -0.39 is 10.8 Å². The minimum atomic E-state index is -0.435. The van der Waals surface area contributed by atoms with Gasteiger partial charge in [-0.1, -0.05) is 41.7 Å². The number of hydrogen-bond donors (Lipinski definition) is 0. The van der Waals surface area contributed by atoms with E-state index in [-0.39, 0.29) is 5.69 Å². The number of aromatic nitrogens is 1. The van der Waals surface area contributed by atoms with Crippen molar-refractivity contribution in [3.05, 3.63) is 93.3 Å². The highest BCUT2D eigenvalue weighted by atomic mass is 32.2. The van der Waals surface area contributed by atoms with Crippen molar-refractivity contribution < 1.29 is 14.5 Å². The number of rotatable bonds is 7. The van der Waals surface area contributed by atoms with Crippen LogP contribution in [0.4, 0.5) is 5.69 Å². The Morgan fingerprint density at radius 2 is 1.88 bits per heavy atom. The van der Waals surface area contributed by atoms with Gasteiger partial charge in [0.1, 0.15) is 11.5 Å². The van der Waals surface area contributed by atoms with Gasteiger partial charge in [-0.15, -0.1) is 0 Å². The fourth-order valence-electron chi connectivity index (χ4n) is 3.15. The molecule has 0 N–H and O–H groups in total.